The Morgan fingerprint density at radius 3 is 2.86 bits per heavy atom. The van der Waals surface area contributed by atoms with Gasteiger partial charge < -0.3 is 10.2 Å². The lowest BCUT2D eigenvalue weighted by Gasteiger charge is -2.21. The van der Waals surface area contributed by atoms with Crippen LogP contribution in [-0.4, -0.2) is 45.2 Å². The maximum Gasteiger partial charge on any atom is 0.255 e. The first-order valence-corrected chi connectivity index (χ1v) is 9.88. The van der Waals surface area contributed by atoms with Gasteiger partial charge in [0.05, 0.1) is 11.4 Å². The Labute approximate surface area is 171 Å². The van der Waals surface area contributed by atoms with Crippen molar-refractivity contribution in [2.45, 2.75) is 33.2 Å². The van der Waals surface area contributed by atoms with Crippen molar-refractivity contribution in [3.05, 3.63) is 59.1 Å². The van der Waals surface area contributed by atoms with Gasteiger partial charge in [-0.15, -0.1) is 0 Å². The molecule has 156 valence electrons. The van der Waals surface area contributed by atoms with Crippen molar-refractivity contribution < 1.29 is 4.39 Å². The van der Waals surface area contributed by atoms with Gasteiger partial charge in [0, 0.05) is 45.0 Å². The third-order valence-corrected chi connectivity index (χ3v) is 4.46. The predicted molar refractivity (Wildman–Crippen MR) is 114 cm³/mol. The molecule has 0 aromatic carbocycles. The summed E-state index contributed by atoms with van der Waals surface area (Å²) in [7, 11) is 1.70. The monoisotopic (exact) mass is 400 g/mol. The summed E-state index contributed by atoms with van der Waals surface area (Å²) in [6, 6.07) is 3.33. The number of aromatic nitrogens is 4. The lowest BCUT2D eigenvalue weighted by Crippen LogP contribution is -2.35. The Kier molecular flexibility index (Phi) is 8.67. The minimum Gasteiger partial charge on any atom is -0.341 e. The van der Waals surface area contributed by atoms with Crippen LogP contribution in [0.3, 0.4) is 0 Å². The number of halogens is 1. The molecule has 0 aliphatic carbocycles. The molecule has 1 atom stereocenters. The number of nitrogens with one attached hydrogen (secondary N) is 1. The minimum absolute atomic E-state index is 0.134. The van der Waals surface area contributed by atoms with Crippen LogP contribution in [0.5, 0.6) is 0 Å². The van der Waals surface area contributed by atoms with E-state index in [2.05, 4.69) is 20.3 Å². The van der Waals surface area contributed by atoms with Gasteiger partial charge in [-0.3, -0.25) is 9.36 Å². The van der Waals surface area contributed by atoms with Gasteiger partial charge in [0.2, 0.25) is 5.95 Å². The number of anilines is 1. The SMILES string of the molecule is C/C=C\C=C(\F)CN[C@H]1CCN(c2nc(-c3ccncn3)cc(=O)n2C)C1.CC. The first-order chi connectivity index (χ1) is 14.1. The first kappa shape index (κ1) is 22.4. The van der Waals surface area contributed by atoms with Crippen LogP contribution >= 0.6 is 0 Å². The van der Waals surface area contributed by atoms with E-state index in [1.54, 1.807) is 31.5 Å². The highest BCUT2D eigenvalue weighted by Crippen LogP contribution is 2.20. The average molecular weight is 401 g/mol. The highest BCUT2D eigenvalue weighted by atomic mass is 19.1. The molecule has 3 rings (SSSR count). The molecule has 2 aromatic heterocycles. The fourth-order valence-corrected chi connectivity index (χ4v) is 2.99. The molecule has 29 heavy (non-hydrogen) atoms. The Hall–Kier alpha value is -2.87. The van der Waals surface area contributed by atoms with Crippen LogP contribution < -0.4 is 15.8 Å². The number of nitrogens with zero attached hydrogens (tertiary/aromatic N) is 5. The number of rotatable bonds is 6. The fraction of sp³-hybridized carbons (Fsp3) is 0.429. The minimum atomic E-state index is -0.206. The summed E-state index contributed by atoms with van der Waals surface area (Å²) < 4.78 is 15.2. The number of allylic oxidation sites excluding steroid dienone is 3. The zero-order valence-corrected chi connectivity index (χ0v) is 17.5. The summed E-state index contributed by atoms with van der Waals surface area (Å²) in [6.45, 7) is 7.44. The van der Waals surface area contributed by atoms with Crippen LogP contribution in [-0.2, 0) is 7.05 Å². The largest absolute Gasteiger partial charge is 0.341 e. The van der Waals surface area contributed by atoms with E-state index >= 15 is 0 Å². The summed E-state index contributed by atoms with van der Waals surface area (Å²) in [5.74, 6) is 0.383. The molecule has 3 heterocycles. The van der Waals surface area contributed by atoms with Crippen LogP contribution in [0.25, 0.3) is 11.4 Å². The highest BCUT2D eigenvalue weighted by molar-refractivity contribution is 5.55. The first-order valence-electron chi connectivity index (χ1n) is 9.88. The molecule has 7 nitrogen and oxygen atoms in total. The molecule has 1 aliphatic rings. The molecule has 1 saturated heterocycles. The van der Waals surface area contributed by atoms with E-state index in [1.165, 1.54) is 23.0 Å². The Balaban J connectivity index is 0.00000145. The summed E-state index contributed by atoms with van der Waals surface area (Å²) in [5, 5.41) is 3.22. The van der Waals surface area contributed by atoms with Crippen LogP contribution in [0.15, 0.2) is 53.5 Å². The summed E-state index contributed by atoms with van der Waals surface area (Å²) in [4.78, 5) is 27.1. The van der Waals surface area contributed by atoms with Crippen molar-refractivity contribution in [3.63, 3.8) is 0 Å². The predicted octanol–water partition coefficient (Wildman–Crippen LogP) is 2.86. The molecule has 0 bridgehead atoms. The molecule has 0 saturated carbocycles. The van der Waals surface area contributed by atoms with Gasteiger partial charge in [-0.1, -0.05) is 26.0 Å². The standard InChI is InChI=1S/C19H23FN6O.C2H6/c1-3-4-5-14(20)11-22-15-7-9-26(12-15)19-24-17(10-18(27)25(19)2)16-6-8-21-13-23-16;1-2/h3-6,8,10,13,15,22H,7,9,11-12H2,1-2H3;1-2H3/b4-3-,14-5+;/t15-;/m0./s1. The summed E-state index contributed by atoms with van der Waals surface area (Å²) in [5.41, 5.74) is 0.978. The van der Waals surface area contributed by atoms with Gasteiger partial charge in [-0.05, 0) is 25.5 Å². The van der Waals surface area contributed by atoms with Gasteiger partial charge in [0.25, 0.3) is 5.56 Å². The summed E-state index contributed by atoms with van der Waals surface area (Å²) in [6.07, 6.45) is 8.82. The lowest BCUT2D eigenvalue weighted by molar-refractivity contribution is 0.516. The molecule has 2 aromatic rings. The van der Waals surface area contributed by atoms with Gasteiger partial charge in [-0.25, -0.2) is 19.3 Å². The second-order valence-corrected chi connectivity index (χ2v) is 6.39. The molecule has 0 spiro atoms. The molecular formula is C21H29FN6O. The Morgan fingerprint density at radius 2 is 2.17 bits per heavy atom. The molecule has 1 fully saturated rings. The third-order valence-electron chi connectivity index (χ3n) is 4.46. The van der Waals surface area contributed by atoms with Gasteiger partial charge >= 0.3 is 0 Å². The highest BCUT2D eigenvalue weighted by Gasteiger charge is 2.25. The maximum atomic E-state index is 13.7. The Bertz CT molecular complexity index is 894. The van der Waals surface area contributed by atoms with E-state index in [9.17, 15) is 9.18 Å². The van der Waals surface area contributed by atoms with Crippen molar-refractivity contribution in [3.8, 4) is 11.4 Å². The van der Waals surface area contributed by atoms with Crippen molar-refractivity contribution in [1.29, 1.82) is 0 Å². The number of hydrogen-bond donors (Lipinski definition) is 1. The quantitative estimate of drug-likeness (QED) is 0.752. The molecule has 0 unspecified atom stereocenters. The molecule has 8 heteroatoms. The lowest BCUT2D eigenvalue weighted by atomic mass is 10.2. The normalized spacial score (nSPS) is 16.8. The molecule has 0 radical (unpaired) electrons. The summed E-state index contributed by atoms with van der Waals surface area (Å²) >= 11 is 0. The fourth-order valence-electron chi connectivity index (χ4n) is 2.99. The van der Waals surface area contributed by atoms with Crippen LogP contribution in [0, 0.1) is 0 Å². The maximum absolute atomic E-state index is 13.7. The molecule has 1 aliphatic heterocycles. The zero-order valence-electron chi connectivity index (χ0n) is 17.5. The van der Waals surface area contributed by atoms with E-state index in [0.717, 1.165) is 13.0 Å². The molecule has 1 N–H and O–H groups in total. The number of hydrogen-bond acceptors (Lipinski definition) is 6. The smallest absolute Gasteiger partial charge is 0.255 e. The average Bonchev–Trinajstić information content (AvgIpc) is 3.23. The molecule has 0 amide bonds. The van der Waals surface area contributed by atoms with Crippen molar-refractivity contribution in [2.24, 2.45) is 7.05 Å². The second-order valence-electron chi connectivity index (χ2n) is 6.39. The topological polar surface area (TPSA) is 75.9 Å². The van der Waals surface area contributed by atoms with E-state index in [-0.39, 0.29) is 24.0 Å². The Morgan fingerprint density at radius 1 is 1.38 bits per heavy atom. The van der Waals surface area contributed by atoms with Crippen LogP contribution in [0.2, 0.25) is 0 Å². The van der Waals surface area contributed by atoms with Gasteiger partial charge in [-0.2, -0.15) is 0 Å². The zero-order chi connectivity index (χ0) is 21.2. The van der Waals surface area contributed by atoms with Crippen LogP contribution in [0.1, 0.15) is 27.2 Å². The van der Waals surface area contributed by atoms with Crippen molar-refractivity contribution in [2.75, 3.05) is 24.5 Å². The third kappa shape index (κ3) is 6.05. The van der Waals surface area contributed by atoms with Crippen molar-refractivity contribution >= 4 is 5.95 Å². The van der Waals surface area contributed by atoms with Crippen LogP contribution in [0.4, 0.5) is 10.3 Å². The van der Waals surface area contributed by atoms with E-state index < -0.39 is 0 Å². The van der Waals surface area contributed by atoms with E-state index in [1.807, 2.05) is 25.7 Å². The van der Waals surface area contributed by atoms with Crippen molar-refractivity contribution in [1.82, 2.24) is 24.8 Å². The van der Waals surface area contributed by atoms with E-state index in [4.69, 9.17) is 0 Å². The second kappa shape index (κ2) is 11.2. The van der Waals surface area contributed by atoms with E-state index in [0.29, 0.717) is 23.9 Å². The molecular weight excluding hydrogens is 371 g/mol. The van der Waals surface area contributed by atoms with Gasteiger partial charge in [0.15, 0.2) is 0 Å². The van der Waals surface area contributed by atoms with Gasteiger partial charge in [0.1, 0.15) is 12.2 Å².